The molecule has 0 spiro atoms. The van der Waals surface area contributed by atoms with Crippen molar-refractivity contribution >= 4 is 26.9 Å². The van der Waals surface area contributed by atoms with Crippen LogP contribution in [0.1, 0.15) is 0 Å². The summed E-state index contributed by atoms with van der Waals surface area (Å²) in [5, 5.41) is 29.1. The minimum atomic E-state index is -0.564. The third-order valence-corrected chi connectivity index (χ3v) is 3.56. The molecule has 6 heteroatoms. The van der Waals surface area contributed by atoms with Crippen molar-refractivity contribution in [2.45, 2.75) is 0 Å². The summed E-state index contributed by atoms with van der Waals surface area (Å²) < 4.78 is 6.29. The Morgan fingerprint density at radius 1 is 0.952 bits per heavy atom. The first kappa shape index (κ1) is 13.5. The molecule has 0 saturated heterocycles. The molecule has 0 bridgehead atoms. The molecule has 3 rings (SSSR count). The fraction of sp³-hybridized carbons (Fsp3) is 0. The monoisotopic (exact) mass is 348 g/mol. The SMILES string of the molecule is O=c1c(O)c(-c2ccc(O)c(O)c2)oc2cc(Br)ccc12. The Hall–Kier alpha value is -2.47. The van der Waals surface area contributed by atoms with Crippen molar-refractivity contribution in [2.24, 2.45) is 0 Å². The second-order valence-electron chi connectivity index (χ2n) is 4.45. The van der Waals surface area contributed by atoms with Crippen LogP contribution in [0.15, 0.2) is 50.1 Å². The number of halogens is 1. The zero-order valence-electron chi connectivity index (χ0n) is 10.5. The van der Waals surface area contributed by atoms with Crippen LogP contribution >= 0.6 is 15.9 Å². The molecule has 0 aliphatic heterocycles. The summed E-state index contributed by atoms with van der Waals surface area (Å²) in [6.45, 7) is 0. The summed E-state index contributed by atoms with van der Waals surface area (Å²) in [5.74, 6) is -1.29. The highest BCUT2D eigenvalue weighted by atomic mass is 79.9. The predicted octanol–water partition coefficient (Wildman–Crippen LogP) is 3.34. The summed E-state index contributed by atoms with van der Waals surface area (Å²) in [4.78, 5) is 12.1. The third kappa shape index (κ3) is 2.23. The average molecular weight is 349 g/mol. The van der Waals surface area contributed by atoms with Crippen molar-refractivity contribution in [1.82, 2.24) is 0 Å². The van der Waals surface area contributed by atoms with E-state index in [1.54, 1.807) is 18.2 Å². The minimum Gasteiger partial charge on any atom is -0.504 e. The smallest absolute Gasteiger partial charge is 0.235 e. The molecule has 5 nitrogen and oxygen atoms in total. The summed E-state index contributed by atoms with van der Waals surface area (Å²) in [6, 6.07) is 8.71. The van der Waals surface area contributed by atoms with Crippen molar-refractivity contribution < 1.29 is 19.7 Å². The molecule has 2 aromatic carbocycles. The molecule has 3 aromatic rings. The van der Waals surface area contributed by atoms with Gasteiger partial charge in [-0.2, -0.15) is 0 Å². The maximum absolute atomic E-state index is 12.1. The molecule has 0 radical (unpaired) electrons. The number of hydrogen-bond donors (Lipinski definition) is 3. The lowest BCUT2D eigenvalue weighted by atomic mass is 10.1. The average Bonchev–Trinajstić information content (AvgIpc) is 2.45. The van der Waals surface area contributed by atoms with Crippen LogP contribution in [0, 0.1) is 0 Å². The first-order valence-electron chi connectivity index (χ1n) is 5.95. The number of rotatable bonds is 1. The Morgan fingerprint density at radius 3 is 2.43 bits per heavy atom. The predicted molar refractivity (Wildman–Crippen MR) is 80.6 cm³/mol. The molecular weight excluding hydrogens is 340 g/mol. The van der Waals surface area contributed by atoms with Gasteiger partial charge in [0.25, 0.3) is 0 Å². The largest absolute Gasteiger partial charge is 0.504 e. The van der Waals surface area contributed by atoms with Crippen molar-refractivity contribution in [3.8, 4) is 28.6 Å². The van der Waals surface area contributed by atoms with E-state index in [1.807, 2.05) is 0 Å². The van der Waals surface area contributed by atoms with E-state index in [0.717, 1.165) is 4.47 Å². The fourth-order valence-electron chi connectivity index (χ4n) is 2.02. The van der Waals surface area contributed by atoms with Crippen LogP contribution in [0.4, 0.5) is 0 Å². The van der Waals surface area contributed by atoms with Gasteiger partial charge in [-0.15, -0.1) is 0 Å². The van der Waals surface area contributed by atoms with Crippen molar-refractivity contribution in [3.63, 3.8) is 0 Å². The van der Waals surface area contributed by atoms with Crippen molar-refractivity contribution in [3.05, 3.63) is 51.1 Å². The lowest BCUT2D eigenvalue weighted by Gasteiger charge is -2.07. The quantitative estimate of drug-likeness (QED) is 0.586. The first-order chi connectivity index (χ1) is 9.97. The van der Waals surface area contributed by atoms with E-state index in [9.17, 15) is 20.1 Å². The summed E-state index contributed by atoms with van der Waals surface area (Å²) in [5.41, 5.74) is 0.0165. The van der Waals surface area contributed by atoms with Gasteiger partial charge in [-0.1, -0.05) is 15.9 Å². The standard InChI is InChI=1S/C15H9BrO5/c16-8-2-3-9-12(6-8)21-15(14(20)13(9)19)7-1-4-10(17)11(18)5-7/h1-6,17-18,20H. The van der Waals surface area contributed by atoms with Crippen LogP contribution < -0.4 is 5.43 Å². The molecule has 0 aliphatic carbocycles. The van der Waals surface area contributed by atoms with Gasteiger partial charge in [0.15, 0.2) is 17.3 Å². The maximum atomic E-state index is 12.1. The second-order valence-corrected chi connectivity index (χ2v) is 5.37. The summed E-state index contributed by atoms with van der Waals surface area (Å²) in [7, 11) is 0. The van der Waals surface area contributed by atoms with Gasteiger partial charge in [0.1, 0.15) is 5.58 Å². The Balaban J connectivity index is 2.34. The molecule has 1 heterocycles. The van der Waals surface area contributed by atoms with Crippen LogP contribution in [-0.2, 0) is 0 Å². The molecule has 21 heavy (non-hydrogen) atoms. The van der Waals surface area contributed by atoms with E-state index in [4.69, 9.17) is 4.42 Å². The van der Waals surface area contributed by atoms with E-state index in [2.05, 4.69) is 15.9 Å². The topological polar surface area (TPSA) is 90.9 Å². The van der Waals surface area contributed by atoms with E-state index in [-0.39, 0.29) is 28.2 Å². The van der Waals surface area contributed by atoms with Gasteiger partial charge in [0, 0.05) is 10.0 Å². The molecule has 0 fully saturated rings. The third-order valence-electron chi connectivity index (χ3n) is 3.07. The van der Waals surface area contributed by atoms with E-state index in [1.165, 1.54) is 18.2 Å². The number of hydrogen-bond acceptors (Lipinski definition) is 5. The van der Waals surface area contributed by atoms with Crippen LogP contribution in [0.2, 0.25) is 0 Å². The molecule has 0 unspecified atom stereocenters. The van der Waals surface area contributed by atoms with Gasteiger partial charge in [-0.3, -0.25) is 4.79 Å². The first-order valence-corrected chi connectivity index (χ1v) is 6.74. The Morgan fingerprint density at radius 2 is 1.71 bits per heavy atom. The normalized spacial score (nSPS) is 10.9. The molecule has 1 aromatic heterocycles. The van der Waals surface area contributed by atoms with Gasteiger partial charge in [-0.05, 0) is 36.4 Å². The molecule has 0 aliphatic rings. The molecule has 106 valence electrons. The zero-order valence-corrected chi connectivity index (χ0v) is 12.1. The van der Waals surface area contributed by atoms with Gasteiger partial charge >= 0.3 is 0 Å². The number of fused-ring (bicyclic) bond motifs is 1. The molecule has 0 atom stereocenters. The van der Waals surface area contributed by atoms with Crippen LogP contribution in [-0.4, -0.2) is 15.3 Å². The molecule has 3 N–H and O–H groups in total. The summed E-state index contributed by atoms with van der Waals surface area (Å²) >= 11 is 3.28. The van der Waals surface area contributed by atoms with Crippen molar-refractivity contribution in [1.29, 1.82) is 0 Å². The number of phenolic OH excluding ortho intramolecular Hbond substituents is 2. The van der Waals surface area contributed by atoms with Gasteiger partial charge in [-0.25, -0.2) is 0 Å². The highest BCUT2D eigenvalue weighted by Gasteiger charge is 2.16. The molecule has 0 amide bonds. The number of benzene rings is 2. The molecular formula is C15H9BrO5. The Bertz CT molecular complexity index is 914. The van der Waals surface area contributed by atoms with Gasteiger partial charge in [0.05, 0.1) is 5.39 Å². The lowest BCUT2D eigenvalue weighted by Crippen LogP contribution is -2.02. The number of phenols is 2. The molecule has 0 saturated carbocycles. The van der Waals surface area contributed by atoms with E-state index >= 15 is 0 Å². The zero-order chi connectivity index (χ0) is 15.1. The van der Waals surface area contributed by atoms with E-state index in [0.29, 0.717) is 5.58 Å². The summed E-state index contributed by atoms with van der Waals surface area (Å²) in [6.07, 6.45) is 0. The minimum absolute atomic E-state index is 0.0686. The van der Waals surface area contributed by atoms with E-state index < -0.39 is 11.2 Å². The second kappa shape index (κ2) is 4.82. The van der Waals surface area contributed by atoms with Crippen LogP contribution in [0.5, 0.6) is 17.2 Å². The van der Waals surface area contributed by atoms with Gasteiger partial charge in [0.2, 0.25) is 11.2 Å². The maximum Gasteiger partial charge on any atom is 0.235 e. The Labute approximate surface area is 126 Å². The lowest BCUT2D eigenvalue weighted by molar-refractivity contribution is 0.403. The van der Waals surface area contributed by atoms with Gasteiger partial charge < -0.3 is 19.7 Å². The van der Waals surface area contributed by atoms with Crippen molar-refractivity contribution in [2.75, 3.05) is 0 Å². The highest BCUT2D eigenvalue weighted by molar-refractivity contribution is 9.10. The fourth-order valence-corrected chi connectivity index (χ4v) is 2.36. The highest BCUT2D eigenvalue weighted by Crippen LogP contribution is 2.35. The Kier molecular flexibility index (Phi) is 3.10. The number of aromatic hydroxyl groups is 3. The van der Waals surface area contributed by atoms with Crippen LogP contribution in [0.3, 0.4) is 0 Å². The van der Waals surface area contributed by atoms with Crippen LogP contribution in [0.25, 0.3) is 22.3 Å².